The molecule has 2 nitrogen and oxygen atoms in total. The second-order valence-corrected chi connectivity index (χ2v) is 5.07. The molecular formula is C15H20O2. The van der Waals surface area contributed by atoms with E-state index in [4.69, 9.17) is 0 Å². The summed E-state index contributed by atoms with van der Waals surface area (Å²) < 4.78 is 0. The van der Waals surface area contributed by atoms with Gasteiger partial charge in [0.15, 0.2) is 5.78 Å². The van der Waals surface area contributed by atoms with Gasteiger partial charge in [-0.15, -0.1) is 0 Å². The summed E-state index contributed by atoms with van der Waals surface area (Å²) in [5.41, 5.74) is 3.24. The van der Waals surface area contributed by atoms with Gasteiger partial charge in [0.05, 0.1) is 0 Å². The number of rotatable bonds is 3. The van der Waals surface area contributed by atoms with Crippen LogP contribution >= 0.6 is 0 Å². The van der Waals surface area contributed by atoms with Crippen LogP contribution < -0.4 is 0 Å². The number of aliphatic hydroxyl groups is 1. The Morgan fingerprint density at radius 3 is 2.06 bits per heavy atom. The molecule has 0 fully saturated rings. The highest BCUT2D eigenvalue weighted by Crippen LogP contribution is 2.18. The first-order valence-electron chi connectivity index (χ1n) is 5.74. The van der Waals surface area contributed by atoms with Crippen LogP contribution in [0.5, 0.6) is 0 Å². The van der Waals surface area contributed by atoms with Crippen LogP contribution in [-0.2, 0) is 4.79 Å². The van der Waals surface area contributed by atoms with E-state index in [1.165, 1.54) is 25.5 Å². The first kappa shape index (κ1) is 13.7. The Hall–Kier alpha value is -1.41. The lowest BCUT2D eigenvalue weighted by Gasteiger charge is -2.12. The molecule has 1 aromatic carbocycles. The van der Waals surface area contributed by atoms with Gasteiger partial charge in [-0.05, 0) is 57.4 Å². The molecule has 92 valence electrons. The zero-order chi connectivity index (χ0) is 13.2. The fourth-order valence-electron chi connectivity index (χ4n) is 1.82. The average Bonchev–Trinajstić information content (AvgIpc) is 2.13. The number of carbonyl (C=O) groups excluding carboxylic acids is 1. The molecule has 1 aromatic rings. The van der Waals surface area contributed by atoms with E-state index in [9.17, 15) is 9.90 Å². The third-order valence-corrected chi connectivity index (χ3v) is 2.74. The van der Waals surface area contributed by atoms with Gasteiger partial charge in [0.2, 0.25) is 0 Å². The van der Waals surface area contributed by atoms with E-state index in [-0.39, 0.29) is 5.78 Å². The monoisotopic (exact) mass is 232 g/mol. The lowest BCUT2D eigenvalue weighted by Crippen LogP contribution is -2.29. The molecule has 0 bridgehead atoms. The minimum absolute atomic E-state index is 0.281. The normalized spacial score (nSPS) is 12.1. The molecule has 1 rings (SSSR count). The molecule has 0 saturated carbocycles. The molecule has 0 radical (unpaired) electrons. The number of hydrogen-bond donors (Lipinski definition) is 1. The molecule has 1 N–H and O–H groups in total. The van der Waals surface area contributed by atoms with Crippen molar-refractivity contribution < 1.29 is 9.90 Å². The van der Waals surface area contributed by atoms with Crippen LogP contribution in [0, 0.1) is 20.8 Å². The lowest BCUT2D eigenvalue weighted by atomic mass is 9.97. The molecule has 2 heteroatoms. The van der Waals surface area contributed by atoms with Crippen molar-refractivity contribution >= 4 is 11.9 Å². The van der Waals surface area contributed by atoms with Gasteiger partial charge < -0.3 is 5.11 Å². The molecule has 0 atom stereocenters. The van der Waals surface area contributed by atoms with Gasteiger partial charge >= 0.3 is 0 Å². The first-order chi connectivity index (χ1) is 7.71. The zero-order valence-electron chi connectivity index (χ0n) is 11.2. The second-order valence-electron chi connectivity index (χ2n) is 5.07. The largest absolute Gasteiger partial charge is 0.382 e. The predicted octanol–water partition coefficient (Wildman–Crippen LogP) is 2.97. The summed E-state index contributed by atoms with van der Waals surface area (Å²) >= 11 is 0. The van der Waals surface area contributed by atoms with E-state index >= 15 is 0 Å². The summed E-state index contributed by atoms with van der Waals surface area (Å²) in [4.78, 5) is 11.6. The third kappa shape index (κ3) is 3.53. The van der Waals surface area contributed by atoms with Gasteiger partial charge in [0.25, 0.3) is 0 Å². The topological polar surface area (TPSA) is 37.3 Å². The van der Waals surface area contributed by atoms with E-state index < -0.39 is 5.60 Å². The SMILES string of the molecule is Cc1cc(C)c(/C=C/C(=O)C(C)(C)O)c(C)c1. The Labute approximate surface area is 103 Å². The fraction of sp³-hybridized carbons (Fsp3) is 0.400. The van der Waals surface area contributed by atoms with E-state index in [1.807, 2.05) is 13.8 Å². The molecule has 0 spiro atoms. The highest BCUT2D eigenvalue weighted by atomic mass is 16.3. The summed E-state index contributed by atoms with van der Waals surface area (Å²) in [6.07, 6.45) is 3.23. The molecule has 0 saturated heterocycles. The highest BCUT2D eigenvalue weighted by Gasteiger charge is 2.20. The van der Waals surface area contributed by atoms with Crippen LogP contribution in [0.25, 0.3) is 6.08 Å². The van der Waals surface area contributed by atoms with Gasteiger partial charge in [-0.25, -0.2) is 0 Å². The number of benzene rings is 1. The summed E-state index contributed by atoms with van der Waals surface area (Å²) in [7, 11) is 0. The maximum absolute atomic E-state index is 11.6. The van der Waals surface area contributed by atoms with Crippen LogP contribution in [0.4, 0.5) is 0 Å². The highest BCUT2D eigenvalue weighted by molar-refractivity contribution is 5.99. The standard InChI is InChI=1S/C15H20O2/c1-10-8-11(2)13(12(3)9-10)6-7-14(16)15(4,5)17/h6-9,17H,1-5H3/b7-6+. The molecule has 0 amide bonds. The molecule has 0 aliphatic heterocycles. The van der Waals surface area contributed by atoms with Gasteiger partial charge in [-0.1, -0.05) is 23.8 Å². The first-order valence-corrected chi connectivity index (χ1v) is 5.74. The van der Waals surface area contributed by atoms with E-state index in [0.29, 0.717) is 0 Å². The quantitative estimate of drug-likeness (QED) is 0.813. The maximum atomic E-state index is 11.6. The Kier molecular flexibility index (Phi) is 3.89. The fourth-order valence-corrected chi connectivity index (χ4v) is 1.82. The smallest absolute Gasteiger partial charge is 0.186 e. The van der Waals surface area contributed by atoms with E-state index in [0.717, 1.165) is 16.7 Å². The van der Waals surface area contributed by atoms with E-state index in [2.05, 4.69) is 19.1 Å². The molecule has 0 aliphatic rings. The van der Waals surface area contributed by atoms with Crippen molar-refractivity contribution in [2.24, 2.45) is 0 Å². The van der Waals surface area contributed by atoms with Crippen LogP contribution in [0.15, 0.2) is 18.2 Å². The number of carbonyl (C=O) groups is 1. The second kappa shape index (κ2) is 4.84. The molecule has 0 aromatic heterocycles. The minimum Gasteiger partial charge on any atom is -0.382 e. The molecular weight excluding hydrogens is 212 g/mol. The van der Waals surface area contributed by atoms with Crippen molar-refractivity contribution in [3.63, 3.8) is 0 Å². The van der Waals surface area contributed by atoms with Crippen LogP contribution in [0.1, 0.15) is 36.1 Å². The van der Waals surface area contributed by atoms with Crippen LogP contribution in [0.2, 0.25) is 0 Å². The summed E-state index contributed by atoms with van der Waals surface area (Å²) in [5.74, 6) is -0.281. The van der Waals surface area contributed by atoms with Gasteiger partial charge in [0, 0.05) is 0 Å². The Morgan fingerprint density at radius 2 is 1.65 bits per heavy atom. The van der Waals surface area contributed by atoms with Gasteiger partial charge in [0.1, 0.15) is 5.60 Å². The van der Waals surface area contributed by atoms with Gasteiger partial charge in [-0.3, -0.25) is 4.79 Å². The third-order valence-electron chi connectivity index (χ3n) is 2.74. The van der Waals surface area contributed by atoms with Crippen molar-refractivity contribution in [1.82, 2.24) is 0 Å². The Bertz CT molecular complexity index is 439. The van der Waals surface area contributed by atoms with Crippen molar-refractivity contribution in [2.75, 3.05) is 0 Å². The van der Waals surface area contributed by atoms with Crippen molar-refractivity contribution in [3.05, 3.63) is 40.5 Å². The number of ketones is 1. The van der Waals surface area contributed by atoms with Crippen LogP contribution in [-0.4, -0.2) is 16.5 Å². The van der Waals surface area contributed by atoms with Crippen molar-refractivity contribution in [2.45, 2.75) is 40.2 Å². The summed E-state index contributed by atoms with van der Waals surface area (Å²) in [5, 5.41) is 9.55. The lowest BCUT2D eigenvalue weighted by molar-refractivity contribution is -0.128. The predicted molar refractivity (Wildman–Crippen MR) is 71.0 cm³/mol. The number of aryl methyl sites for hydroxylation is 3. The zero-order valence-corrected chi connectivity index (χ0v) is 11.2. The van der Waals surface area contributed by atoms with Crippen LogP contribution in [0.3, 0.4) is 0 Å². The summed E-state index contributed by atoms with van der Waals surface area (Å²) in [6, 6.07) is 4.17. The molecule has 17 heavy (non-hydrogen) atoms. The Balaban J connectivity index is 3.05. The molecule has 0 aliphatic carbocycles. The van der Waals surface area contributed by atoms with E-state index in [1.54, 1.807) is 6.08 Å². The van der Waals surface area contributed by atoms with Crippen molar-refractivity contribution in [3.8, 4) is 0 Å². The Morgan fingerprint density at radius 1 is 1.18 bits per heavy atom. The minimum atomic E-state index is -1.30. The molecule has 0 heterocycles. The average molecular weight is 232 g/mol. The summed E-state index contributed by atoms with van der Waals surface area (Å²) in [6.45, 7) is 9.08. The number of hydrogen-bond acceptors (Lipinski definition) is 2. The molecule has 0 unspecified atom stereocenters. The van der Waals surface area contributed by atoms with Crippen molar-refractivity contribution in [1.29, 1.82) is 0 Å². The maximum Gasteiger partial charge on any atom is 0.186 e. The van der Waals surface area contributed by atoms with Gasteiger partial charge in [-0.2, -0.15) is 0 Å².